The lowest BCUT2D eigenvalue weighted by molar-refractivity contribution is -0.117. The molecule has 0 saturated heterocycles. The Balaban J connectivity index is 1.92. The smallest absolute Gasteiger partial charge is 0.238 e. The van der Waals surface area contributed by atoms with Gasteiger partial charge in [0.15, 0.2) is 0 Å². The number of nitrogens with one attached hydrogen (secondary N) is 1. The number of benzene rings is 1. The van der Waals surface area contributed by atoms with Gasteiger partial charge in [0.1, 0.15) is 5.82 Å². The molecule has 112 valence electrons. The number of likely N-dealkylation sites (N-methyl/N-ethyl adjacent to an activating group) is 1. The van der Waals surface area contributed by atoms with Crippen LogP contribution in [-0.2, 0) is 11.3 Å². The maximum atomic E-state index is 13.5. The SMILES string of the molecule is Cc1ccsc1CN(C)CC(=O)Nc1cc(Cl)ccc1F. The first-order valence-electron chi connectivity index (χ1n) is 6.42. The number of aryl methyl sites for hydroxylation is 1. The molecule has 3 nitrogen and oxygen atoms in total. The van der Waals surface area contributed by atoms with E-state index in [0.29, 0.717) is 11.6 Å². The maximum absolute atomic E-state index is 13.5. The molecule has 0 radical (unpaired) electrons. The molecule has 1 amide bonds. The van der Waals surface area contributed by atoms with Gasteiger partial charge in [0, 0.05) is 16.4 Å². The van der Waals surface area contributed by atoms with Gasteiger partial charge in [0.05, 0.1) is 12.2 Å². The molecule has 6 heteroatoms. The number of carbonyl (C=O) groups excluding carboxylic acids is 1. The Kier molecular flexibility index (Phi) is 5.33. The van der Waals surface area contributed by atoms with Gasteiger partial charge in [-0.1, -0.05) is 11.6 Å². The summed E-state index contributed by atoms with van der Waals surface area (Å²) in [6, 6.07) is 6.13. The fourth-order valence-corrected chi connectivity index (χ4v) is 3.05. The van der Waals surface area contributed by atoms with E-state index in [2.05, 4.69) is 11.4 Å². The number of amides is 1. The molecule has 21 heavy (non-hydrogen) atoms. The Morgan fingerprint density at radius 2 is 2.19 bits per heavy atom. The van der Waals surface area contributed by atoms with E-state index in [9.17, 15) is 9.18 Å². The van der Waals surface area contributed by atoms with E-state index in [1.54, 1.807) is 11.3 Å². The summed E-state index contributed by atoms with van der Waals surface area (Å²) in [5.74, 6) is -0.766. The molecule has 2 aromatic rings. The van der Waals surface area contributed by atoms with Crippen molar-refractivity contribution in [2.45, 2.75) is 13.5 Å². The number of thiophene rings is 1. The third kappa shape index (κ3) is 4.52. The lowest BCUT2D eigenvalue weighted by atomic mass is 10.3. The van der Waals surface area contributed by atoms with Crippen molar-refractivity contribution in [1.29, 1.82) is 0 Å². The van der Waals surface area contributed by atoms with E-state index >= 15 is 0 Å². The highest BCUT2D eigenvalue weighted by Crippen LogP contribution is 2.20. The molecular weight excluding hydrogens is 311 g/mol. The molecule has 0 saturated carbocycles. The molecule has 0 aliphatic heterocycles. The minimum absolute atomic E-state index is 0.105. The molecule has 0 atom stereocenters. The van der Waals surface area contributed by atoms with Gasteiger partial charge in [-0.15, -0.1) is 11.3 Å². The summed E-state index contributed by atoms with van der Waals surface area (Å²) in [7, 11) is 1.85. The highest BCUT2D eigenvalue weighted by Gasteiger charge is 2.11. The van der Waals surface area contributed by atoms with Gasteiger partial charge in [-0.25, -0.2) is 4.39 Å². The lowest BCUT2D eigenvalue weighted by Gasteiger charge is -2.16. The maximum Gasteiger partial charge on any atom is 0.238 e. The van der Waals surface area contributed by atoms with Crippen LogP contribution in [0.25, 0.3) is 0 Å². The Labute approximate surface area is 132 Å². The molecule has 1 heterocycles. The van der Waals surface area contributed by atoms with Gasteiger partial charge >= 0.3 is 0 Å². The van der Waals surface area contributed by atoms with E-state index in [1.165, 1.54) is 28.6 Å². The first kappa shape index (κ1) is 15.9. The van der Waals surface area contributed by atoms with Gasteiger partial charge in [0.2, 0.25) is 5.91 Å². The average Bonchev–Trinajstić information content (AvgIpc) is 2.79. The van der Waals surface area contributed by atoms with Crippen LogP contribution in [0.2, 0.25) is 5.02 Å². The summed E-state index contributed by atoms with van der Waals surface area (Å²) in [6.45, 7) is 2.92. The minimum Gasteiger partial charge on any atom is -0.322 e. The zero-order valence-electron chi connectivity index (χ0n) is 11.8. The van der Waals surface area contributed by atoms with E-state index in [0.717, 1.165) is 0 Å². The molecule has 0 fully saturated rings. The zero-order valence-corrected chi connectivity index (χ0v) is 13.4. The van der Waals surface area contributed by atoms with E-state index in [1.807, 2.05) is 24.3 Å². The van der Waals surface area contributed by atoms with Crippen LogP contribution in [0.4, 0.5) is 10.1 Å². The lowest BCUT2D eigenvalue weighted by Crippen LogP contribution is -2.30. The van der Waals surface area contributed by atoms with Crippen LogP contribution in [0.1, 0.15) is 10.4 Å². The predicted molar refractivity (Wildman–Crippen MR) is 85.4 cm³/mol. The van der Waals surface area contributed by atoms with Crippen LogP contribution < -0.4 is 5.32 Å². The fraction of sp³-hybridized carbons (Fsp3) is 0.267. The highest BCUT2D eigenvalue weighted by molar-refractivity contribution is 7.10. The summed E-state index contributed by atoms with van der Waals surface area (Å²) in [5.41, 5.74) is 1.32. The Morgan fingerprint density at radius 1 is 1.43 bits per heavy atom. The predicted octanol–water partition coefficient (Wildman–Crippen LogP) is 3.92. The molecule has 0 unspecified atom stereocenters. The molecular formula is C15H16ClFN2OS. The molecule has 1 aromatic heterocycles. The second-order valence-corrected chi connectivity index (χ2v) is 6.31. The topological polar surface area (TPSA) is 32.3 Å². The van der Waals surface area contributed by atoms with E-state index in [-0.39, 0.29) is 18.1 Å². The van der Waals surface area contributed by atoms with Gasteiger partial charge in [-0.2, -0.15) is 0 Å². The second-order valence-electron chi connectivity index (χ2n) is 4.87. The number of carbonyl (C=O) groups is 1. The van der Waals surface area contributed by atoms with Crippen LogP contribution in [0.3, 0.4) is 0 Å². The van der Waals surface area contributed by atoms with Gasteiger partial charge in [0.25, 0.3) is 0 Å². The van der Waals surface area contributed by atoms with Crippen molar-refractivity contribution in [3.63, 3.8) is 0 Å². The van der Waals surface area contributed by atoms with Crippen molar-refractivity contribution < 1.29 is 9.18 Å². The van der Waals surface area contributed by atoms with Crippen LogP contribution in [0.5, 0.6) is 0 Å². The van der Waals surface area contributed by atoms with Gasteiger partial charge in [-0.05, 0) is 49.2 Å². The quantitative estimate of drug-likeness (QED) is 0.903. The Morgan fingerprint density at radius 3 is 2.86 bits per heavy atom. The third-order valence-corrected chi connectivity index (χ3v) is 4.24. The van der Waals surface area contributed by atoms with Crippen molar-refractivity contribution in [1.82, 2.24) is 4.90 Å². The van der Waals surface area contributed by atoms with Crippen LogP contribution >= 0.6 is 22.9 Å². The summed E-state index contributed by atoms with van der Waals surface area (Å²) in [4.78, 5) is 15.0. The van der Waals surface area contributed by atoms with Crippen molar-refractivity contribution in [2.24, 2.45) is 0 Å². The van der Waals surface area contributed by atoms with Crippen molar-refractivity contribution in [3.8, 4) is 0 Å². The standard InChI is InChI=1S/C15H16ClFN2OS/c1-10-5-6-21-14(10)8-19(2)9-15(20)18-13-7-11(16)3-4-12(13)17/h3-7H,8-9H2,1-2H3,(H,18,20). The van der Waals surface area contributed by atoms with Crippen molar-refractivity contribution in [2.75, 3.05) is 18.9 Å². The molecule has 1 aromatic carbocycles. The van der Waals surface area contributed by atoms with Gasteiger partial charge in [-0.3, -0.25) is 9.69 Å². The summed E-state index contributed by atoms with van der Waals surface area (Å²) < 4.78 is 13.5. The molecule has 1 N–H and O–H groups in total. The highest BCUT2D eigenvalue weighted by atomic mass is 35.5. The number of rotatable bonds is 5. The number of nitrogens with zero attached hydrogens (tertiary/aromatic N) is 1. The van der Waals surface area contributed by atoms with Crippen molar-refractivity contribution >= 4 is 34.5 Å². The Hall–Kier alpha value is -1.43. The minimum atomic E-state index is -0.496. The largest absolute Gasteiger partial charge is 0.322 e. The molecule has 0 aliphatic rings. The first-order chi connectivity index (χ1) is 9.95. The van der Waals surface area contributed by atoms with E-state index < -0.39 is 5.82 Å². The Bertz CT molecular complexity index is 644. The summed E-state index contributed by atoms with van der Waals surface area (Å²) >= 11 is 7.45. The zero-order chi connectivity index (χ0) is 15.4. The van der Waals surface area contributed by atoms with Crippen LogP contribution in [0.15, 0.2) is 29.6 Å². The van der Waals surface area contributed by atoms with E-state index in [4.69, 9.17) is 11.6 Å². The first-order valence-corrected chi connectivity index (χ1v) is 7.68. The molecule has 0 bridgehead atoms. The van der Waals surface area contributed by atoms with Gasteiger partial charge < -0.3 is 5.32 Å². The van der Waals surface area contributed by atoms with Crippen LogP contribution in [0, 0.1) is 12.7 Å². The molecule has 0 aliphatic carbocycles. The number of halogens is 2. The molecule has 2 rings (SSSR count). The number of hydrogen-bond acceptors (Lipinski definition) is 3. The number of hydrogen-bond donors (Lipinski definition) is 1. The molecule has 0 spiro atoms. The summed E-state index contributed by atoms with van der Waals surface area (Å²) in [6.07, 6.45) is 0. The second kappa shape index (κ2) is 7.02. The monoisotopic (exact) mass is 326 g/mol. The normalized spacial score (nSPS) is 10.9. The van der Waals surface area contributed by atoms with Crippen molar-refractivity contribution in [3.05, 3.63) is 50.9 Å². The third-order valence-electron chi connectivity index (χ3n) is 3.00. The fourth-order valence-electron chi connectivity index (χ4n) is 1.90. The van der Waals surface area contributed by atoms with Crippen LogP contribution in [-0.4, -0.2) is 24.4 Å². The summed E-state index contributed by atoms with van der Waals surface area (Å²) in [5, 5.41) is 4.95. The number of anilines is 1. The average molecular weight is 327 g/mol.